The maximum absolute atomic E-state index is 14.2. The Labute approximate surface area is 349 Å². The molecule has 1 aliphatic carbocycles. The molecule has 314 valence electrons. The van der Waals surface area contributed by atoms with Crippen LogP contribution in [0.4, 0.5) is 15.3 Å². The summed E-state index contributed by atoms with van der Waals surface area (Å²) in [6, 6.07) is 30.5. The molecule has 1 aliphatic heterocycles. The van der Waals surface area contributed by atoms with E-state index in [4.69, 9.17) is 18.9 Å². The van der Waals surface area contributed by atoms with Gasteiger partial charge in [0.15, 0.2) is 0 Å². The largest absolute Gasteiger partial charge is 0.493 e. The Hall–Kier alpha value is -5.55. The van der Waals surface area contributed by atoms with Crippen LogP contribution in [0.3, 0.4) is 0 Å². The molecule has 2 aliphatic rings. The van der Waals surface area contributed by atoms with Crippen molar-refractivity contribution in [2.75, 3.05) is 57.9 Å². The molecule has 1 unspecified atom stereocenters. The number of hydrogen-bond donors (Lipinski definition) is 2. The fourth-order valence-corrected chi connectivity index (χ4v) is 7.89. The third-order valence-electron chi connectivity index (χ3n) is 11.3. The molecule has 2 N–H and O–H groups in total. The highest BCUT2D eigenvalue weighted by molar-refractivity contribution is 5.97. The van der Waals surface area contributed by atoms with Gasteiger partial charge in [-0.25, -0.2) is 9.59 Å². The van der Waals surface area contributed by atoms with E-state index in [-0.39, 0.29) is 37.0 Å². The summed E-state index contributed by atoms with van der Waals surface area (Å²) in [6.07, 6.45) is 3.36. The minimum atomic E-state index is -0.910. The molecule has 59 heavy (non-hydrogen) atoms. The van der Waals surface area contributed by atoms with Gasteiger partial charge < -0.3 is 39.4 Å². The summed E-state index contributed by atoms with van der Waals surface area (Å²) >= 11 is 0. The number of carbonyl (C=O) groups is 3. The first-order valence-electron chi connectivity index (χ1n) is 21.4. The van der Waals surface area contributed by atoms with Gasteiger partial charge in [-0.3, -0.25) is 4.79 Å². The first-order chi connectivity index (χ1) is 28.9. The van der Waals surface area contributed by atoms with E-state index in [1.807, 2.05) is 66.7 Å². The quantitative estimate of drug-likeness (QED) is 0.0850. The molecule has 0 saturated carbocycles. The van der Waals surface area contributed by atoms with Crippen LogP contribution >= 0.6 is 0 Å². The molecule has 4 aromatic rings. The Morgan fingerprint density at radius 1 is 0.780 bits per heavy atom. The number of ether oxygens (including phenoxy) is 4. The van der Waals surface area contributed by atoms with Gasteiger partial charge in [-0.15, -0.1) is 0 Å². The van der Waals surface area contributed by atoms with E-state index < -0.39 is 12.1 Å². The third-order valence-corrected chi connectivity index (χ3v) is 11.3. The van der Waals surface area contributed by atoms with Crippen LogP contribution in [0.5, 0.6) is 11.5 Å². The van der Waals surface area contributed by atoms with E-state index in [0.29, 0.717) is 62.8 Å². The summed E-state index contributed by atoms with van der Waals surface area (Å²) < 4.78 is 23.8. The molecule has 11 nitrogen and oxygen atoms in total. The Kier molecular flexibility index (Phi) is 16.0. The molecule has 4 aromatic carbocycles. The molecule has 6 rings (SSSR count). The van der Waals surface area contributed by atoms with E-state index in [1.54, 1.807) is 11.0 Å². The zero-order valence-corrected chi connectivity index (χ0v) is 34.8. The van der Waals surface area contributed by atoms with Gasteiger partial charge in [0.2, 0.25) is 5.91 Å². The van der Waals surface area contributed by atoms with Gasteiger partial charge in [0, 0.05) is 31.6 Å². The van der Waals surface area contributed by atoms with Gasteiger partial charge >= 0.3 is 12.2 Å². The Morgan fingerprint density at radius 3 is 2.12 bits per heavy atom. The van der Waals surface area contributed by atoms with Crippen LogP contribution in [-0.2, 0) is 20.9 Å². The summed E-state index contributed by atoms with van der Waals surface area (Å²) in [5, 5.41) is 5.98. The van der Waals surface area contributed by atoms with Crippen molar-refractivity contribution in [1.82, 2.24) is 15.1 Å². The smallest absolute Gasteiger partial charge is 0.410 e. The van der Waals surface area contributed by atoms with Crippen molar-refractivity contribution in [3.8, 4) is 22.6 Å². The van der Waals surface area contributed by atoms with Crippen LogP contribution in [0.15, 0.2) is 97.1 Å². The number of alkyl carbamates (subject to hydrolysis) is 1. The van der Waals surface area contributed by atoms with Gasteiger partial charge in [0.05, 0.1) is 18.9 Å². The first-order valence-corrected chi connectivity index (χ1v) is 21.4. The van der Waals surface area contributed by atoms with Gasteiger partial charge in [-0.1, -0.05) is 106 Å². The van der Waals surface area contributed by atoms with Crippen molar-refractivity contribution in [2.45, 2.75) is 77.9 Å². The van der Waals surface area contributed by atoms with E-state index >= 15 is 0 Å². The normalized spacial score (nSPS) is 14.3. The standard InChI is InChI=1S/C48H60N4O7/c1-4-7-29-57-45-32-37(56-30-15-26-51(5-2)6-3)22-23-43(45)49-46(53)44(31-35-24-27-52(28-25-35)48(55)59-33-36-16-9-8-10-17-36)50-47(54)58-34-42-40-20-13-11-18-38(40)39-19-12-14-21-41(39)42/h8-14,16-23,32,35,42,44H,4-7,15,24-31,33-34H2,1-3H3,(H,49,53)(H,50,54). The number of unbranched alkanes of at least 4 members (excludes halogenated alkanes) is 1. The second-order valence-electron chi connectivity index (χ2n) is 15.3. The van der Waals surface area contributed by atoms with Crippen LogP contribution < -0.4 is 20.1 Å². The van der Waals surface area contributed by atoms with Crippen molar-refractivity contribution in [2.24, 2.45) is 5.92 Å². The molecule has 0 radical (unpaired) electrons. The number of fused-ring (bicyclic) bond motifs is 3. The number of piperidine rings is 1. The SMILES string of the molecule is CCCCOc1cc(OCCCN(CC)CC)ccc1NC(=O)C(CC1CCN(C(=O)OCc2ccccc2)CC1)NC(=O)OCC1c2ccccc2-c2ccccc21. The van der Waals surface area contributed by atoms with Crippen molar-refractivity contribution in [3.05, 3.63) is 114 Å². The summed E-state index contributed by atoms with van der Waals surface area (Å²) in [6.45, 7) is 11.7. The lowest BCUT2D eigenvalue weighted by molar-refractivity contribution is -0.118. The zero-order valence-electron chi connectivity index (χ0n) is 34.8. The highest BCUT2D eigenvalue weighted by Crippen LogP contribution is 2.44. The van der Waals surface area contributed by atoms with Crippen LogP contribution in [0, 0.1) is 5.92 Å². The van der Waals surface area contributed by atoms with Gasteiger partial charge in [0.25, 0.3) is 0 Å². The average molecular weight is 805 g/mol. The Morgan fingerprint density at radius 2 is 1.44 bits per heavy atom. The monoisotopic (exact) mass is 804 g/mol. The molecule has 11 heteroatoms. The predicted octanol–water partition coefficient (Wildman–Crippen LogP) is 9.26. The lowest BCUT2D eigenvalue weighted by Crippen LogP contribution is -2.47. The number of anilines is 1. The van der Waals surface area contributed by atoms with Crippen molar-refractivity contribution < 1.29 is 33.3 Å². The van der Waals surface area contributed by atoms with Gasteiger partial charge in [-0.05, 0) is 91.1 Å². The van der Waals surface area contributed by atoms with Crippen molar-refractivity contribution in [1.29, 1.82) is 0 Å². The lowest BCUT2D eigenvalue weighted by Gasteiger charge is -2.33. The maximum atomic E-state index is 14.2. The van der Waals surface area contributed by atoms with E-state index in [1.165, 1.54) is 0 Å². The second-order valence-corrected chi connectivity index (χ2v) is 15.3. The van der Waals surface area contributed by atoms with Gasteiger partial charge in [0.1, 0.15) is 30.8 Å². The molecule has 1 saturated heterocycles. The number of benzene rings is 4. The molecule has 0 aromatic heterocycles. The summed E-state index contributed by atoms with van der Waals surface area (Å²) in [5.74, 6) is 0.737. The number of amides is 3. The van der Waals surface area contributed by atoms with Crippen LogP contribution in [0.2, 0.25) is 0 Å². The number of carbonyl (C=O) groups excluding carboxylic acids is 3. The highest BCUT2D eigenvalue weighted by atomic mass is 16.6. The minimum Gasteiger partial charge on any atom is -0.493 e. The maximum Gasteiger partial charge on any atom is 0.410 e. The summed E-state index contributed by atoms with van der Waals surface area (Å²) in [5.41, 5.74) is 5.91. The van der Waals surface area contributed by atoms with Crippen LogP contribution in [-0.4, -0.2) is 86.5 Å². The summed E-state index contributed by atoms with van der Waals surface area (Å²) in [7, 11) is 0. The first kappa shape index (κ1) is 43.0. The second kappa shape index (κ2) is 22.0. The van der Waals surface area contributed by atoms with E-state index in [2.05, 4.69) is 60.6 Å². The number of hydrogen-bond acceptors (Lipinski definition) is 8. The number of nitrogens with zero attached hydrogens (tertiary/aromatic N) is 2. The molecule has 0 bridgehead atoms. The molecule has 1 fully saturated rings. The third kappa shape index (κ3) is 12.0. The topological polar surface area (TPSA) is 119 Å². The van der Waals surface area contributed by atoms with Crippen LogP contribution in [0.1, 0.15) is 81.9 Å². The Bertz CT molecular complexity index is 1920. The van der Waals surface area contributed by atoms with Crippen LogP contribution in [0.25, 0.3) is 11.1 Å². The number of likely N-dealkylation sites (tertiary alicyclic amines) is 1. The molecule has 1 heterocycles. The predicted molar refractivity (Wildman–Crippen MR) is 231 cm³/mol. The van der Waals surface area contributed by atoms with Gasteiger partial charge in [-0.2, -0.15) is 0 Å². The highest BCUT2D eigenvalue weighted by Gasteiger charge is 2.32. The Balaban J connectivity index is 1.12. The zero-order chi connectivity index (χ0) is 41.4. The molecule has 3 amide bonds. The van der Waals surface area contributed by atoms with Crippen molar-refractivity contribution in [3.63, 3.8) is 0 Å². The fourth-order valence-electron chi connectivity index (χ4n) is 7.89. The van der Waals surface area contributed by atoms with E-state index in [9.17, 15) is 14.4 Å². The number of rotatable bonds is 20. The summed E-state index contributed by atoms with van der Waals surface area (Å²) in [4.78, 5) is 44.9. The lowest BCUT2D eigenvalue weighted by atomic mass is 9.90. The van der Waals surface area contributed by atoms with E-state index in [0.717, 1.165) is 66.7 Å². The average Bonchev–Trinajstić information content (AvgIpc) is 3.59. The molecule has 0 spiro atoms. The molecular weight excluding hydrogens is 745 g/mol. The molecular formula is C48H60N4O7. The minimum absolute atomic E-state index is 0.0604. The van der Waals surface area contributed by atoms with Crippen molar-refractivity contribution >= 4 is 23.8 Å². The fraction of sp³-hybridized carbons (Fsp3) is 0.438. The molecule has 1 atom stereocenters. The number of nitrogens with one attached hydrogen (secondary N) is 2.